The van der Waals surface area contributed by atoms with Crippen molar-refractivity contribution in [1.29, 1.82) is 0 Å². The number of hydrogen-bond donors (Lipinski definition) is 1. The maximum atomic E-state index is 12.3. The second-order valence-electron chi connectivity index (χ2n) is 6.46. The quantitative estimate of drug-likeness (QED) is 0.541. The van der Waals surface area contributed by atoms with Gasteiger partial charge in [-0.2, -0.15) is 11.8 Å². The molecule has 0 atom stereocenters. The van der Waals surface area contributed by atoms with Crippen molar-refractivity contribution >= 4 is 56.6 Å². The molecule has 162 valence electrons. The van der Waals surface area contributed by atoms with Gasteiger partial charge in [0.2, 0.25) is 22.7 Å². The molecule has 1 heterocycles. The number of anilines is 1. The number of amides is 1. The molecule has 0 radical (unpaired) electrons. The van der Waals surface area contributed by atoms with Crippen molar-refractivity contribution < 1.29 is 22.7 Å². The van der Waals surface area contributed by atoms with Gasteiger partial charge in [0.05, 0.1) is 22.0 Å². The minimum atomic E-state index is -3.66. The molecule has 7 nitrogen and oxygen atoms in total. The number of fused-ring (bicyclic) bond motifs is 1. The molecule has 1 amide bonds. The molecule has 0 aliphatic carbocycles. The van der Waals surface area contributed by atoms with Gasteiger partial charge in [0.1, 0.15) is 6.54 Å². The molecular formula is C19H20Cl2N2O5S2. The SMILES string of the molecule is CS(=O)(=O)N(CC(=O)NCCSCc1ccc(Cl)c(Cl)c1)c1ccc2c(c1)OCO2. The topological polar surface area (TPSA) is 84.9 Å². The second-order valence-corrected chi connectivity index (χ2v) is 10.3. The Kier molecular flexibility index (Phi) is 7.62. The van der Waals surface area contributed by atoms with E-state index >= 15 is 0 Å². The van der Waals surface area contributed by atoms with E-state index in [1.807, 2.05) is 12.1 Å². The van der Waals surface area contributed by atoms with E-state index < -0.39 is 15.9 Å². The van der Waals surface area contributed by atoms with Gasteiger partial charge in [-0.05, 0) is 29.8 Å². The summed E-state index contributed by atoms with van der Waals surface area (Å²) in [4.78, 5) is 12.3. The van der Waals surface area contributed by atoms with Crippen LogP contribution in [0.1, 0.15) is 5.56 Å². The number of benzene rings is 2. The molecule has 0 spiro atoms. The lowest BCUT2D eigenvalue weighted by molar-refractivity contribution is -0.119. The first-order valence-corrected chi connectivity index (χ1v) is 12.7. The zero-order valence-corrected chi connectivity index (χ0v) is 19.2. The van der Waals surface area contributed by atoms with E-state index in [9.17, 15) is 13.2 Å². The molecule has 0 saturated carbocycles. The number of rotatable bonds is 9. The van der Waals surface area contributed by atoms with Gasteiger partial charge in [0, 0.05) is 24.1 Å². The second kappa shape index (κ2) is 10.00. The first-order valence-electron chi connectivity index (χ1n) is 8.90. The van der Waals surface area contributed by atoms with Gasteiger partial charge in [-0.1, -0.05) is 29.3 Å². The van der Waals surface area contributed by atoms with Crippen LogP contribution in [-0.4, -0.2) is 46.2 Å². The molecule has 11 heteroatoms. The Morgan fingerprint density at radius 3 is 2.63 bits per heavy atom. The van der Waals surface area contributed by atoms with Gasteiger partial charge in [0.15, 0.2) is 11.5 Å². The average Bonchev–Trinajstić information content (AvgIpc) is 3.15. The van der Waals surface area contributed by atoms with E-state index in [1.54, 1.807) is 36.0 Å². The molecule has 2 aromatic carbocycles. The van der Waals surface area contributed by atoms with Crippen molar-refractivity contribution in [3.05, 3.63) is 52.0 Å². The summed E-state index contributed by atoms with van der Waals surface area (Å²) < 4.78 is 36.0. The smallest absolute Gasteiger partial charge is 0.240 e. The summed E-state index contributed by atoms with van der Waals surface area (Å²) in [6.07, 6.45) is 1.05. The molecule has 3 rings (SSSR count). The van der Waals surface area contributed by atoms with Crippen LogP contribution in [0.3, 0.4) is 0 Å². The first kappa shape index (κ1) is 22.9. The van der Waals surface area contributed by atoms with E-state index in [2.05, 4.69) is 5.32 Å². The Morgan fingerprint density at radius 1 is 1.13 bits per heavy atom. The Hall–Kier alpha value is -1.81. The van der Waals surface area contributed by atoms with Crippen molar-refractivity contribution in [3.63, 3.8) is 0 Å². The summed E-state index contributed by atoms with van der Waals surface area (Å²) in [5, 5.41) is 3.76. The van der Waals surface area contributed by atoms with E-state index in [4.69, 9.17) is 32.7 Å². The molecule has 0 fully saturated rings. The van der Waals surface area contributed by atoms with Crippen LogP contribution in [-0.2, 0) is 20.6 Å². The van der Waals surface area contributed by atoms with Gasteiger partial charge < -0.3 is 14.8 Å². The normalized spacial score (nSPS) is 12.6. The molecule has 0 unspecified atom stereocenters. The van der Waals surface area contributed by atoms with E-state index in [-0.39, 0.29) is 13.3 Å². The lowest BCUT2D eigenvalue weighted by Gasteiger charge is -2.22. The van der Waals surface area contributed by atoms with Gasteiger partial charge in [-0.25, -0.2) is 8.42 Å². The number of carbonyl (C=O) groups is 1. The molecule has 1 N–H and O–H groups in total. The van der Waals surface area contributed by atoms with Crippen LogP contribution in [0.2, 0.25) is 10.0 Å². The number of hydrogen-bond acceptors (Lipinski definition) is 6. The largest absolute Gasteiger partial charge is 0.454 e. The van der Waals surface area contributed by atoms with Crippen LogP contribution in [0.15, 0.2) is 36.4 Å². The highest BCUT2D eigenvalue weighted by molar-refractivity contribution is 7.98. The Morgan fingerprint density at radius 2 is 1.90 bits per heavy atom. The summed E-state index contributed by atoms with van der Waals surface area (Å²) in [7, 11) is -3.66. The molecule has 1 aliphatic heterocycles. The van der Waals surface area contributed by atoms with Gasteiger partial charge in [-0.15, -0.1) is 0 Å². The van der Waals surface area contributed by atoms with Crippen LogP contribution in [0.25, 0.3) is 0 Å². The number of nitrogens with one attached hydrogen (secondary N) is 1. The number of nitrogens with zero attached hydrogens (tertiary/aromatic N) is 1. The van der Waals surface area contributed by atoms with Gasteiger partial charge in [0.25, 0.3) is 0 Å². The fraction of sp³-hybridized carbons (Fsp3) is 0.316. The standard InChI is InChI=1S/C19H20Cl2N2O5S2/c1-30(25,26)23(14-3-5-17-18(9-14)28-12-27-17)10-19(24)22-6-7-29-11-13-2-4-15(20)16(21)8-13/h2-5,8-9H,6-7,10-12H2,1H3,(H,22,24). The van der Waals surface area contributed by atoms with Crippen molar-refractivity contribution in [1.82, 2.24) is 5.32 Å². The van der Waals surface area contributed by atoms with Crippen LogP contribution >= 0.6 is 35.0 Å². The number of ether oxygens (including phenoxy) is 2. The summed E-state index contributed by atoms with van der Waals surface area (Å²) in [5.74, 6) is 1.97. The monoisotopic (exact) mass is 490 g/mol. The Bertz CT molecular complexity index is 1030. The van der Waals surface area contributed by atoms with Crippen LogP contribution in [0.4, 0.5) is 5.69 Å². The molecular weight excluding hydrogens is 471 g/mol. The molecule has 1 aliphatic rings. The Labute approximate surface area is 189 Å². The molecule has 2 aromatic rings. The van der Waals surface area contributed by atoms with Crippen molar-refractivity contribution in [3.8, 4) is 11.5 Å². The summed E-state index contributed by atoms with van der Waals surface area (Å²) in [5.41, 5.74) is 1.37. The number of sulfonamides is 1. The number of thioether (sulfide) groups is 1. The van der Waals surface area contributed by atoms with Crippen molar-refractivity contribution in [2.75, 3.05) is 36.2 Å². The maximum absolute atomic E-state index is 12.3. The average molecular weight is 491 g/mol. The molecule has 0 bridgehead atoms. The van der Waals surface area contributed by atoms with Crippen LogP contribution in [0.5, 0.6) is 11.5 Å². The number of carbonyl (C=O) groups excluding carboxylic acids is 1. The fourth-order valence-corrected chi connectivity index (χ4v) is 4.68. The van der Waals surface area contributed by atoms with Crippen molar-refractivity contribution in [2.45, 2.75) is 5.75 Å². The van der Waals surface area contributed by atoms with Crippen LogP contribution < -0.4 is 19.1 Å². The minimum Gasteiger partial charge on any atom is -0.454 e. The highest BCUT2D eigenvalue weighted by Crippen LogP contribution is 2.36. The third-order valence-corrected chi connectivity index (χ3v) is 7.06. The maximum Gasteiger partial charge on any atom is 0.240 e. The zero-order chi connectivity index (χ0) is 21.7. The van der Waals surface area contributed by atoms with Gasteiger partial charge in [-0.3, -0.25) is 9.10 Å². The Balaban J connectivity index is 1.49. The third-order valence-electron chi connectivity index (χ3n) is 4.15. The summed E-state index contributed by atoms with van der Waals surface area (Å²) >= 11 is 13.5. The molecule has 0 aromatic heterocycles. The summed E-state index contributed by atoms with van der Waals surface area (Å²) in [6, 6.07) is 10.2. The number of halogens is 2. The lowest BCUT2D eigenvalue weighted by Crippen LogP contribution is -2.41. The summed E-state index contributed by atoms with van der Waals surface area (Å²) in [6.45, 7) is 0.164. The zero-order valence-electron chi connectivity index (χ0n) is 16.1. The molecule has 0 saturated heterocycles. The highest BCUT2D eigenvalue weighted by Gasteiger charge is 2.23. The lowest BCUT2D eigenvalue weighted by atomic mass is 10.2. The van der Waals surface area contributed by atoms with E-state index in [1.165, 1.54) is 0 Å². The van der Waals surface area contributed by atoms with E-state index in [0.29, 0.717) is 39.5 Å². The predicted octanol–water partition coefficient (Wildman–Crippen LogP) is 3.54. The molecule has 30 heavy (non-hydrogen) atoms. The predicted molar refractivity (Wildman–Crippen MR) is 120 cm³/mol. The first-order chi connectivity index (χ1) is 14.2. The van der Waals surface area contributed by atoms with Crippen LogP contribution in [0, 0.1) is 0 Å². The highest BCUT2D eigenvalue weighted by atomic mass is 35.5. The van der Waals surface area contributed by atoms with Crippen molar-refractivity contribution in [2.24, 2.45) is 0 Å². The van der Waals surface area contributed by atoms with Gasteiger partial charge >= 0.3 is 0 Å². The minimum absolute atomic E-state index is 0.0814. The van der Waals surface area contributed by atoms with E-state index in [0.717, 1.165) is 21.9 Å². The fourth-order valence-electron chi connectivity index (χ4n) is 2.71. The third kappa shape index (κ3) is 6.10.